The highest BCUT2D eigenvalue weighted by atomic mass is 16.6. The standard InChI is InChI=1S/C25H29N13O9/c1-28-21(44)8-2-31-38(3-8)24-32-17(26)11-19(34-24)36(6-29-11)23-15(43)16(10(5-40)46-23)47-25-33-18(27)12-20(35-25)37(7-30-12)22-14(42)13(41)9(4-39)45-22/h2-3,6-7,9-10,13-16,22-23,39-43H,4-5H2,1H3,(H,28,44)(H2,26,32,34)(H2,27,33,35)/t9-,10-,13+,14?,15?,16+,22-,23-/m1/s1. The van der Waals surface area contributed by atoms with Gasteiger partial charge in [0.1, 0.15) is 36.0 Å². The summed E-state index contributed by atoms with van der Waals surface area (Å²) in [5, 5.41) is 58.4. The molecule has 2 fully saturated rings. The Bertz CT molecular complexity index is 1960. The number of carbonyl (C=O) groups excluding carboxylic acids is 1. The maximum absolute atomic E-state index is 12.0. The number of nitrogens with zero attached hydrogens (tertiary/aromatic N) is 10. The van der Waals surface area contributed by atoms with Crippen LogP contribution in [-0.4, -0.2) is 137 Å². The van der Waals surface area contributed by atoms with Crippen LogP contribution in [0.3, 0.4) is 0 Å². The SMILES string of the molecule is CNC(=O)c1cnn(-c2nc(N)c3ncn([C@@H]4O[C@H](CO)[C@H](Oc5nc(N)c6ncn([C@@H]7O[C@H](CO)[C@H](O)C7O)c6n5)C4O)c3n2)c1. The van der Waals surface area contributed by atoms with Gasteiger partial charge in [-0.15, -0.1) is 0 Å². The highest BCUT2D eigenvalue weighted by Gasteiger charge is 2.48. The molecule has 7 heterocycles. The van der Waals surface area contributed by atoms with Gasteiger partial charge in [0.05, 0.1) is 37.6 Å². The van der Waals surface area contributed by atoms with E-state index in [0.29, 0.717) is 0 Å². The van der Waals surface area contributed by atoms with Crippen LogP contribution < -0.4 is 21.5 Å². The van der Waals surface area contributed by atoms with Gasteiger partial charge in [0.2, 0.25) is 0 Å². The lowest BCUT2D eigenvalue weighted by molar-refractivity contribution is -0.0513. The summed E-state index contributed by atoms with van der Waals surface area (Å²) < 4.78 is 21.4. The molecular formula is C25H29N13O9. The van der Waals surface area contributed by atoms with Gasteiger partial charge in [0, 0.05) is 13.2 Å². The van der Waals surface area contributed by atoms with Gasteiger partial charge in [0.25, 0.3) is 11.9 Å². The minimum absolute atomic E-state index is 0.00822. The molecule has 22 nitrogen and oxygen atoms in total. The second-order valence-corrected chi connectivity index (χ2v) is 10.8. The minimum Gasteiger partial charge on any atom is -0.454 e. The fraction of sp³-hybridized carbons (Fsp3) is 0.440. The quantitative estimate of drug-likeness (QED) is 0.0789. The first-order valence-corrected chi connectivity index (χ1v) is 14.1. The van der Waals surface area contributed by atoms with Crippen LogP contribution in [0.25, 0.3) is 28.3 Å². The zero-order valence-electron chi connectivity index (χ0n) is 24.3. The van der Waals surface area contributed by atoms with Crippen molar-refractivity contribution in [2.45, 2.75) is 49.1 Å². The van der Waals surface area contributed by atoms with Crippen molar-refractivity contribution in [3.63, 3.8) is 0 Å². The van der Waals surface area contributed by atoms with E-state index in [1.807, 2.05) is 0 Å². The molecule has 2 aliphatic rings. The van der Waals surface area contributed by atoms with Crippen LogP contribution in [0.2, 0.25) is 0 Å². The fourth-order valence-corrected chi connectivity index (χ4v) is 5.54. The molecular weight excluding hydrogens is 626 g/mol. The van der Waals surface area contributed by atoms with E-state index in [4.69, 9.17) is 25.7 Å². The third kappa shape index (κ3) is 4.94. The molecule has 0 aliphatic carbocycles. The minimum atomic E-state index is -1.46. The summed E-state index contributed by atoms with van der Waals surface area (Å²) in [7, 11) is 1.48. The average Bonchev–Trinajstić information content (AvgIpc) is 3.89. The average molecular weight is 656 g/mol. The number of imidazole rings is 2. The van der Waals surface area contributed by atoms with Crippen LogP contribution in [0, 0.1) is 0 Å². The van der Waals surface area contributed by atoms with E-state index in [1.165, 1.54) is 45.9 Å². The summed E-state index contributed by atoms with van der Waals surface area (Å²) in [5.74, 6) is -0.483. The van der Waals surface area contributed by atoms with Gasteiger partial charge in [-0.3, -0.25) is 13.9 Å². The van der Waals surface area contributed by atoms with Crippen molar-refractivity contribution in [3.05, 3.63) is 30.6 Å². The Balaban J connectivity index is 1.19. The van der Waals surface area contributed by atoms with Crippen molar-refractivity contribution in [2.24, 2.45) is 0 Å². The number of amides is 1. The molecule has 7 rings (SSSR count). The lowest BCUT2D eigenvalue weighted by atomic mass is 10.1. The molecule has 0 spiro atoms. The summed E-state index contributed by atoms with van der Waals surface area (Å²) in [6.07, 6.45) is -4.69. The molecule has 2 saturated heterocycles. The third-order valence-corrected chi connectivity index (χ3v) is 7.94. The van der Waals surface area contributed by atoms with E-state index in [-0.39, 0.29) is 57.4 Å². The lowest BCUT2D eigenvalue weighted by Crippen LogP contribution is -2.39. The molecule has 0 aromatic carbocycles. The van der Waals surface area contributed by atoms with Crippen molar-refractivity contribution >= 4 is 39.9 Å². The Hall–Kier alpha value is -5.10. The fourth-order valence-electron chi connectivity index (χ4n) is 5.54. The number of rotatable bonds is 8. The van der Waals surface area contributed by atoms with E-state index in [0.717, 1.165) is 0 Å². The number of hydrogen-bond donors (Lipinski definition) is 8. The smallest absolute Gasteiger partial charge is 0.320 e. The van der Waals surface area contributed by atoms with Gasteiger partial charge in [-0.2, -0.15) is 25.0 Å². The van der Waals surface area contributed by atoms with Crippen molar-refractivity contribution in [1.82, 2.24) is 54.1 Å². The molecule has 5 aromatic rings. The number of nitrogen functional groups attached to an aromatic ring is 2. The van der Waals surface area contributed by atoms with E-state index >= 15 is 0 Å². The van der Waals surface area contributed by atoms with E-state index in [1.54, 1.807) is 0 Å². The Labute approximate surface area is 262 Å². The molecule has 2 unspecified atom stereocenters. The predicted octanol–water partition coefficient (Wildman–Crippen LogP) is -4.01. The number of hydrogen-bond acceptors (Lipinski definition) is 18. The zero-order chi connectivity index (χ0) is 33.1. The summed E-state index contributed by atoms with van der Waals surface area (Å²) in [6, 6.07) is -0.329. The molecule has 47 heavy (non-hydrogen) atoms. The molecule has 22 heteroatoms. The second-order valence-electron chi connectivity index (χ2n) is 10.8. The Morgan fingerprint density at radius 3 is 2.15 bits per heavy atom. The first-order valence-electron chi connectivity index (χ1n) is 14.1. The van der Waals surface area contributed by atoms with Crippen molar-refractivity contribution < 1.29 is 44.5 Å². The van der Waals surface area contributed by atoms with Crippen molar-refractivity contribution in [2.75, 3.05) is 31.7 Å². The van der Waals surface area contributed by atoms with Gasteiger partial charge in [0.15, 0.2) is 47.0 Å². The van der Waals surface area contributed by atoms with Crippen LogP contribution in [0.15, 0.2) is 25.0 Å². The number of fused-ring (bicyclic) bond motifs is 2. The predicted molar refractivity (Wildman–Crippen MR) is 154 cm³/mol. The summed E-state index contributed by atoms with van der Waals surface area (Å²) in [5.41, 5.74) is 13.1. The van der Waals surface area contributed by atoms with Crippen molar-refractivity contribution in [3.8, 4) is 12.0 Å². The Kier molecular flexibility index (Phi) is 7.54. The van der Waals surface area contributed by atoms with Gasteiger partial charge >= 0.3 is 6.01 Å². The molecule has 2 aliphatic heterocycles. The molecule has 10 N–H and O–H groups in total. The summed E-state index contributed by atoms with van der Waals surface area (Å²) in [4.78, 5) is 37.6. The Morgan fingerprint density at radius 2 is 1.51 bits per heavy atom. The molecule has 0 saturated carbocycles. The second kappa shape index (κ2) is 11.6. The maximum atomic E-state index is 12.0. The summed E-state index contributed by atoms with van der Waals surface area (Å²) >= 11 is 0. The number of aliphatic hydroxyl groups excluding tert-OH is 5. The number of anilines is 2. The number of carbonyl (C=O) groups is 1. The highest BCUT2D eigenvalue weighted by Crippen LogP contribution is 2.36. The molecule has 248 valence electrons. The van der Waals surface area contributed by atoms with Gasteiger partial charge < -0.3 is 56.5 Å². The molecule has 1 amide bonds. The van der Waals surface area contributed by atoms with Crippen LogP contribution in [0.5, 0.6) is 6.01 Å². The van der Waals surface area contributed by atoms with E-state index < -0.39 is 62.3 Å². The van der Waals surface area contributed by atoms with Crippen molar-refractivity contribution in [1.29, 1.82) is 0 Å². The monoisotopic (exact) mass is 655 g/mol. The first kappa shape index (κ1) is 30.5. The van der Waals surface area contributed by atoms with Gasteiger partial charge in [-0.05, 0) is 0 Å². The zero-order valence-corrected chi connectivity index (χ0v) is 24.3. The van der Waals surface area contributed by atoms with Crippen LogP contribution in [0.4, 0.5) is 11.6 Å². The lowest BCUT2D eigenvalue weighted by Gasteiger charge is -2.20. The molecule has 0 radical (unpaired) electrons. The van der Waals surface area contributed by atoms with Crippen LogP contribution >= 0.6 is 0 Å². The summed E-state index contributed by atoms with van der Waals surface area (Å²) in [6.45, 7) is -1.12. The topological polar surface area (TPSA) is 315 Å². The maximum Gasteiger partial charge on any atom is 0.320 e. The first-order chi connectivity index (χ1) is 22.6. The normalized spacial score (nSPS) is 27.6. The van der Waals surface area contributed by atoms with Crippen LogP contribution in [0.1, 0.15) is 22.8 Å². The van der Waals surface area contributed by atoms with Gasteiger partial charge in [-0.25, -0.2) is 14.6 Å². The van der Waals surface area contributed by atoms with E-state index in [9.17, 15) is 30.3 Å². The number of nitrogens with one attached hydrogen (secondary N) is 1. The molecule has 8 atom stereocenters. The third-order valence-electron chi connectivity index (χ3n) is 7.94. The number of nitrogens with two attached hydrogens (primary N) is 2. The number of aromatic nitrogens is 10. The largest absolute Gasteiger partial charge is 0.454 e. The molecule has 5 aromatic heterocycles. The van der Waals surface area contributed by atoms with Gasteiger partial charge in [-0.1, -0.05) is 0 Å². The highest BCUT2D eigenvalue weighted by molar-refractivity contribution is 5.93. The van der Waals surface area contributed by atoms with Crippen LogP contribution in [-0.2, 0) is 9.47 Å². The number of aliphatic hydroxyl groups is 5. The van der Waals surface area contributed by atoms with E-state index in [2.05, 4.69) is 40.3 Å². The molecule has 0 bridgehead atoms. The Morgan fingerprint density at radius 1 is 0.894 bits per heavy atom. The number of ether oxygens (including phenoxy) is 3.